The van der Waals surface area contributed by atoms with Crippen LogP contribution in [0.1, 0.15) is 12.7 Å². The van der Waals surface area contributed by atoms with E-state index in [1.54, 1.807) is 25.2 Å². The second-order valence-electron chi connectivity index (χ2n) is 4.25. The minimum absolute atomic E-state index is 0.0310. The normalized spacial score (nSPS) is 10.4. The summed E-state index contributed by atoms with van der Waals surface area (Å²) < 4.78 is 5.31. The van der Waals surface area contributed by atoms with E-state index in [2.05, 4.69) is 15.3 Å². The number of non-ortho nitro benzene ring substituents is 1. The average Bonchev–Trinajstić information content (AvgIpc) is 2.52. The van der Waals surface area contributed by atoms with Crippen LogP contribution < -0.4 is 5.32 Å². The average molecular weight is 288 g/mol. The fourth-order valence-corrected chi connectivity index (χ4v) is 1.81. The SMILES string of the molecule is CCOCc1nc(NC)cc(-c2cccc([N+](=O)[O-])c2)n1. The van der Waals surface area contributed by atoms with E-state index in [1.165, 1.54) is 12.1 Å². The molecule has 0 aliphatic heterocycles. The number of ether oxygens (including phenoxy) is 1. The van der Waals surface area contributed by atoms with E-state index >= 15 is 0 Å². The number of hydrogen-bond donors (Lipinski definition) is 1. The maximum atomic E-state index is 10.9. The molecule has 7 nitrogen and oxygen atoms in total. The lowest BCUT2D eigenvalue weighted by Gasteiger charge is -2.08. The number of nitro benzene ring substituents is 1. The number of anilines is 1. The van der Waals surface area contributed by atoms with E-state index < -0.39 is 4.92 Å². The number of hydrogen-bond acceptors (Lipinski definition) is 6. The summed E-state index contributed by atoms with van der Waals surface area (Å²) in [5.41, 5.74) is 1.32. The first kappa shape index (κ1) is 14.9. The number of nitrogens with zero attached hydrogens (tertiary/aromatic N) is 3. The van der Waals surface area contributed by atoms with E-state index in [1.807, 2.05) is 6.92 Å². The van der Waals surface area contributed by atoms with Crippen molar-refractivity contribution in [3.63, 3.8) is 0 Å². The van der Waals surface area contributed by atoms with Crippen molar-refractivity contribution in [3.05, 3.63) is 46.3 Å². The zero-order valence-corrected chi connectivity index (χ0v) is 11.9. The van der Waals surface area contributed by atoms with Gasteiger partial charge in [0.2, 0.25) is 0 Å². The van der Waals surface area contributed by atoms with Crippen molar-refractivity contribution >= 4 is 11.5 Å². The van der Waals surface area contributed by atoms with Gasteiger partial charge >= 0.3 is 0 Å². The van der Waals surface area contributed by atoms with Crippen molar-refractivity contribution in [2.24, 2.45) is 0 Å². The van der Waals surface area contributed by atoms with Crippen molar-refractivity contribution in [1.82, 2.24) is 9.97 Å². The van der Waals surface area contributed by atoms with Crippen LogP contribution in [0.4, 0.5) is 11.5 Å². The molecule has 110 valence electrons. The van der Waals surface area contributed by atoms with Gasteiger partial charge in [0.05, 0.1) is 10.6 Å². The highest BCUT2D eigenvalue weighted by molar-refractivity contribution is 5.65. The molecule has 2 rings (SSSR count). The molecular formula is C14H16N4O3. The van der Waals surface area contributed by atoms with E-state index in [-0.39, 0.29) is 5.69 Å². The molecule has 0 unspecified atom stereocenters. The van der Waals surface area contributed by atoms with Crippen molar-refractivity contribution in [2.75, 3.05) is 19.0 Å². The van der Waals surface area contributed by atoms with Gasteiger partial charge in [-0.2, -0.15) is 0 Å². The maximum Gasteiger partial charge on any atom is 0.270 e. The van der Waals surface area contributed by atoms with Gasteiger partial charge in [0, 0.05) is 37.4 Å². The summed E-state index contributed by atoms with van der Waals surface area (Å²) in [7, 11) is 1.75. The van der Waals surface area contributed by atoms with Gasteiger partial charge in [0.15, 0.2) is 5.82 Å². The van der Waals surface area contributed by atoms with Crippen LogP contribution in [0.5, 0.6) is 0 Å². The summed E-state index contributed by atoms with van der Waals surface area (Å²) in [5, 5.41) is 13.8. The standard InChI is InChI=1S/C14H16N4O3/c1-3-21-9-14-16-12(8-13(15-2)17-14)10-5-4-6-11(7-10)18(19)20/h4-8H,3,9H2,1-2H3,(H,15,16,17). The molecule has 7 heteroatoms. The summed E-state index contributed by atoms with van der Waals surface area (Å²) in [5.74, 6) is 1.17. The molecule has 0 fully saturated rings. The Hall–Kier alpha value is -2.54. The van der Waals surface area contributed by atoms with Gasteiger partial charge in [-0.1, -0.05) is 12.1 Å². The van der Waals surface area contributed by atoms with Crippen LogP contribution in [0.2, 0.25) is 0 Å². The Bertz CT molecular complexity index is 646. The molecule has 1 aromatic heterocycles. The smallest absolute Gasteiger partial charge is 0.270 e. The van der Waals surface area contributed by atoms with Crippen molar-refractivity contribution in [2.45, 2.75) is 13.5 Å². The molecule has 0 atom stereocenters. The number of rotatable bonds is 6. The Labute approximate surface area is 122 Å². The lowest BCUT2D eigenvalue weighted by atomic mass is 10.1. The number of benzene rings is 1. The van der Waals surface area contributed by atoms with Crippen LogP contribution in [0.3, 0.4) is 0 Å². The molecule has 1 heterocycles. The third-order valence-corrected chi connectivity index (χ3v) is 2.82. The fraction of sp³-hybridized carbons (Fsp3) is 0.286. The lowest BCUT2D eigenvalue weighted by Crippen LogP contribution is -2.04. The predicted octanol–water partition coefficient (Wildman–Crippen LogP) is 2.63. The molecule has 0 bridgehead atoms. The minimum atomic E-state index is -0.426. The number of nitrogens with one attached hydrogen (secondary N) is 1. The summed E-state index contributed by atoms with van der Waals surface area (Å²) in [6.45, 7) is 2.76. The second-order valence-corrected chi connectivity index (χ2v) is 4.25. The van der Waals surface area contributed by atoms with Gasteiger partial charge in [-0.15, -0.1) is 0 Å². The molecule has 0 saturated carbocycles. The highest BCUT2D eigenvalue weighted by Crippen LogP contribution is 2.24. The third-order valence-electron chi connectivity index (χ3n) is 2.82. The van der Waals surface area contributed by atoms with Crippen molar-refractivity contribution in [1.29, 1.82) is 0 Å². The Balaban J connectivity index is 2.42. The molecular weight excluding hydrogens is 272 g/mol. The molecule has 0 spiro atoms. The summed E-state index contributed by atoms with van der Waals surface area (Å²) in [6, 6.07) is 8.10. The van der Waals surface area contributed by atoms with Gasteiger partial charge in [-0.25, -0.2) is 9.97 Å². The molecule has 1 aromatic carbocycles. The van der Waals surface area contributed by atoms with Crippen LogP contribution in [-0.4, -0.2) is 28.5 Å². The topological polar surface area (TPSA) is 90.2 Å². The molecule has 0 saturated heterocycles. The van der Waals surface area contributed by atoms with Crippen molar-refractivity contribution < 1.29 is 9.66 Å². The zero-order chi connectivity index (χ0) is 15.2. The second kappa shape index (κ2) is 6.76. The Morgan fingerprint density at radius 1 is 1.33 bits per heavy atom. The quantitative estimate of drug-likeness (QED) is 0.649. The summed E-state index contributed by atoms with van der Waals surface area (Å²) in [6.07, 6.45) is 0. The molecule has 0 amide bonds. The highest BCUT2D eigenvalue weighted by Gasteiger charge is 2.10. The van der Waals surface area contributed by atoms with Crippen LogP contribution in [-0.2, 0) is 11.3 Å². The van der Waals surface area contributed by atoms with Gasteiger partial charge in [0.25, 0.3) is 5.69 Å². The summed E-state index contributed by atoms with van der Waals surface area (Å²) in [4.78, 5) is 19.1. The maximum absolute atomic E-state index is 10.9. The third kappa shape index (κ3) is 3.73. The molecule has 21 heavy (non-hydrogen) atoms. The lowest BCUT2D eigenvalue weighted by molar-refractivity contribution is -0.384. The van der Waals surface area contributed by atoms with Gasteiger partial charge in [-0.05, 0) is 6.92 Å². The Morgan fingerprint density at radius 3 is 2.81 bits per heavy atom. The molecule has 0 radical (unpaired) electrons. The molecule has 1 N–H and O–H groups in total. The zero-order valence-electron chi connectivity index (χ0n) is 11.9. The fourth-order valence-electron chi connectivity index (χ4n) is 1.81. The Morgan fingerprint density at radius 2 is 2.14 bits per heavy atom. The van der Waals surface area contributed by atoms with Gasteiger partial charge in [0.1, 0.15) is 12.4 Å². The largest absolute Gasteiger partial charge is 0.374 e. The first-order chi connectivity index (χ1) is 10.1. The van der Waals surface area contributed by atoms with E-state index in [9.17, 15) is 10.1 Å². The van der Waals surface area contributed by atoms with Gasteiger partial charge < -0.3 is 10.1 Å². The molecule has 0 aliphatic rings. The molecule has 0 aliphatic carbocycles. The van der Waals surface area contributed by atoms with Crippen LogP contribution in [0.25, 0.3) is 11.3 Å². The molecule has 2 aromatic rings. The van der Waals surface area contributed by atoms with Crippen LogP contribution in [0.15, 0.2) is 30.3 Å². The minimum Gasteiger partial charge on any atom is -0.374 e. The monoisotopic (exact) mass is 288 g/mol. The van der Waals surface area contributed by atoms with Crippen LogP contribution in [0, 0.1) is 10.1 Å². The van der Waals surface area contributed by atoms with Crippen molar-refractivity contribution in [3.8, 4) is 11.3 Å². The number of aromatic nitrogens is 2. The number of nitro groups is 1. The highest BCUT2D eigenvalue weighted by atomic mass is 16.6. The van der Waals surface area contributed by atoms with Crippen LogP contribution >= 0.6 is 0 Å². The van der Waals surface area contributed by atoms with E-state index in [0.717, 1.165) is 0 Å². The predicted molar refractivity (Wildman–Crippen MR) is 79.0 cm³/mol. The summed E-state index contributed by atoms with van der Waals surface area (Å²) >= 11 is 0. The Kier molecular flexibility index (Phi) is 4.78. The van der Waals surface area contributed by atoms with Gasteiger partial charge in [-0.3, -0.25) is 10.1 Å². The van der Waals surface area contributed by atoms with E-state index in [0.29, 0.717) is 36.1 Å². The van der Waals surface area contributed by atoms with E-state index in [4.69, 9.17) is 4.74 Å². The first-order valence-electron chi connectivity index (χ1n) is 6.52. The first-order valence-corrected chi connectivity index (χ1v) is 6.52.